The van der Waals surface area contributed by atoms with Crippen LogP contribution in [0.15, 0.2) is 87.9 Å². The van der Waals surface area contributed by atoms with Gasteiger partial charge in [0.25, 0.3) is 5.91 Å². The van der Waals surface area contributed by atoms with Crippen molar-refractivity contribution < 1.29 is 9.21 Å². The van der Waals surface area contributed by atoms with E-state index in [2.05, 4.69) is 32.2 Å². The Balaban J connectivity index is 1.48. The van der Waals surface area contributed by atoms with Crippen molar-refractivity contribution in [2.24, 2.45) is 0 Å². The Morgan fingerprint density at radius 3 is 2.77 bits per heavy atom. The molecule has 0 aliphatic carbocycles. The van der Waals surface area contributed by atoms with E-state index < -0.39 is 11.9 Å². The maximum Gasteiger partial charge on any atom is 0.259 e. The summed E-state index contributed by atoms with van der Waals surface area (Å²) in [7, 11) is 0. The highest BCUT2D eigenvalue weighted by molar-refractivity contribution is 7.10. The average Bonchev–Trinajstić information content (AvgIpc) is 3.59. The van der Waals surface area contributed by atoms with Crippen LogP contribution >= 0.6 is 11.3 Å². The Labute approximate surface area is 226 Å². The van der Waals surface area contributed by atoms with Gasteiger partial charge in [0.15, 0.2) is 11.5 Å². The summed E-state index contributed by atoms with van der Waals surface area (Å²) in [5.41, 5.74) is 9.88. The molecule has 0 saturated heterocycles. The Kier molecular flexibility index (Phi) is 6.11. The van der Waals surface area contributed by atoms with E-state index in [9.17, 15) is 9.59 Å². The lowest BCUT2D eigenvalue weighted by Crippen LogP contribution is -2.28. The van der Waals surface area contributed by atoms with Gasteiger partial charge in [-0.1, -0.05) is 42.3 Å². The zero-order valence-corrected chi connectivity index (χ0v) is 21.4. The van der Waals surface area contributed by atoms with Crippen LogP contribution in [0.1, 0.15) is 39.5 Å². The second kappa shape index (κ2) is 9.89. The van der Waals surface area contributed by atoms with Gasteiger partial charge in [0.1, 0.15) is 16.9 Å². The number of hydrogen-bond donors (Lipinski definition) is 2. The highest BCUT2D eigenvalue weighted by atomic mass is 32.1. The number of aromatic nitrogens is 4. The lowest BCUT2D eigenvalue weighted by atomic mass is 9.97. The number of nitrogens with two attached hydrogens (primary N) is 1. The summed E-state index contributed by atoms with van der Waals surface area (Å²) in [6.45, 7) is 1.75. The van der Waals surface area contributed by atoms with Crippen molar-refractivity contribution in [1.82, 2.24) is 24.9 Å². The summed E-state index contributed by atoms with van der Waals surface area (Å²) in [4.78, 5) is 36.5. The molecule has 1 amide bonds. The van der Waals surface area contributed by atoms with Gasteiger partial charge < -0.3 is 15.5 Å². The van der Waals surface area contributed by atoms with Crippen molar-refractivity contribution in [2.45, 2.75) is 13.0 Å². The largest absolute Gasteiger partial charge is 0.458 e. The van der Waals surface area contributed by atoms with Crippen LogP contribution in [-0.2, 0) is 0 Å². The van der Waals surface area contributed by atoms with E-state index >= 15 is 0 Å². The Morgan fingerprint density at radius 2 is 1.97 bits per heavy atom. The third-order valence-electron chi connectivity index (χ3n) is 6.15. The summed E-state index contributed by atoms with van der Waals surface area (Å²) >= 11 is 1.42. The average molecular weight is 533 g/mol. The molecule has 6 aromatic rings. The number of fused-ring (bicyclic) bond motifs is 2. The third-order valence-corrected chi connectivity index (χ3v) is 6.84. The second-order valence-electron chi connectivity index (χ2n) is 8.67. The monoisotopic (exact) mass is 532 g/mol. The molecular weight excluding hydrogens is 512 g/mol. The smallest absolute Gasteiger partial charge is 0.259 e. The predicted molar refractivity (Wildman–Crippen MR) is 149 cm³/mol. The van der Waals surface area contributed by atoms with E-state index in [1.807, 2.05) is 30.3 Å². The van der Waals surface area contributed by atoms with Crippen LogP contribution in [-0.4, -0.2) is 25.5 Å². The molecule has 10 heteroatoms. The quantitative estimate of drug-likeness (QED) is 0.321. The first-order valence-corrected chi connectivity index (χ1v) is 12.8. The van der Waals surface area contributed by atoms with Crippen LogP contribution in [0, 0.1) is 11.8 Å². The first-order valence-electron chi connectivity index (χ1n) is 12.0. The maximum atomic E-state index is 14.1. The molecule has 0 aliphatic heterocycles. The van der Waals surface area contributed by atoms with Crippen LogP contribution in [0.25, 0.3) is 27.7 Å². The number of carbonyl (C=O) groups is 1. The molecule has 0 spiro atoms. The molecule has 190 valence electrons. The van der Waals surface area contributed by atoms with Crippen LogP contribution in [0.4, 0.5) is 5.82 Å². The van der Waals surface area contributed by atoms with Gasteiger partial charge in [-0.3, -0.25) is 14.6 Å². The molecular formula is C29H20N6O3S. The first kappa shape index (κ1) is 24.1. The number of nitrogens with zero attached hydrogens (tertiary/aromatic N) is 4. The molecule has 0 aliphatic rings. The summed E-state index contributed by atoms with van der Waals surface area (Å²) in [6, 6.07) is 15.5. The zero-order valence-electron chi connectivity index (χ0n) is 20.6. The highest BCUT2D eigenvalue weighted by Gasteiger charge is 2.26. The molecule has 1 atom stereocenters. The van der Waals surface area contributed by atoms with Crippen LogP contribution < -0.4 is 16.5 Å². The lowest BCUT2D eigenvalue weighted by Gasteiger charge is -2.18. The van der Waals surface area contributed by atoms with Crippen molar-refractivity contribution in [2.75, 3.05) is 5.73 Å². The van der Waals surface area contributed by atoms with Crippen molar-refractivity contribution >= 4 is 39.7 Å². The molecule has 0 radical (unpaired) electrons. The Hall–Kier alpha value is -5.27. The van der Waals surface area contributed by atoms with Gasteiger partial charge >= 0.3 is 0 Å². The van der Waals surface area contributed by atoms with Crippen molar-refractivity contribution in [1.29, 1.82) is 0 Å². The number of carbonyl (C=O) groups excluding carboxylic acids is 1. The highest BCUT2D eigenvalue weighted by Crippen LogP contribution is 2.30. The van der Waals surface area contributed by atoms with Crippen molar-refractivity contribution in [3.8, 4) is 23.0 Å². The SMILES string of the molecule is C[C@H](NC(=O)c1c(N)nn2cccnc12)c1oc2cccc(C#Cc3cncs3)c2c(=O)c1-c1ccccc1. The number of anilines is 1. The van der Waals surface area contributed by atoms with E-state index in [-0.39, 0.29) is 16.8 Å². The maximum absolute atomic E-state index is 14.1. The van der Waals surface area contributed by atoms with Gasteiger partial charge in [-0.15, -0.1) is 16.4 Å². The van der Waals surface area contributed by atoms with Crippen LogP contribution in [0.5, 0.6) is 0 Å². The molecule has 3 N–H and O–H groups in total. The fourth-order valence-corrected chi connectivity index (χ4v) is 4.87. The van der Waals surface area contributed by atoms with E-state index in [4.69, 9.17) is 10.2 Å². The number of nitrogen functional groups attached to an aromatic ring is 1. The predicted octanol–water partition coefficient (Wildman–Crippen LogP) is 4.43. The minimum Gasteiger partial charge on any atom is -0.458 e. The first-order chi connectivity index (χ1) is 19.0. The van der Waals surface area contributed by atoms with Gasteiger partial charge in [0.2, 0.25) is 5.43 Å². The standard InChI is InChI=1S/C29H20N6O3S/c1-17(33-29(37)24-27(30)34-35-14-6-13-32-28(24)35)26-23(18-7-3-2-4-8-18)25(36)22-19(9-5-10-21(22)38-26)11-12-20-15-31-16-39-20/h2-10,13-17H,1H3,(H2,30,34)(H,33,37)/t17-/m0/s1. The molecule has 9 nitrogen and oxygen atoms in total. The fourth-order valence-electron chi connectivity index (χ4n) is 4.41. The van der Waals surface area contributed by atoms with E-state index in [0.717, 1.165) is 4.88 Å². The fraction of sp³-hybridized carbons (Fsp3) is 0.0690. The Morgan fingerprint density at radius 1 is 1.13 bits per heavy atom. The lowest BCUT2D eigenvalue weighted by molar-refractivity contribution is 0.0938. The molecule has 0 saturated carbocycles. The summed E-state index contributed by atoms with van der Waals surface area (Å²) in [6.07, 6.45) is 4.89. The number of rotatable bonds is 4. The van der Waals surface area contributed by atoms with E-state index in [1.54, 1.807) is 55.3 Å². The molecule has 0 unspecified atom stereocenters. The topological polar surface area (TPSA) is 128 Å². The molecule has 4 heterocycles. The van der Waals surface area contributed by atoms with Gasteiger partial charge in [0, 0.05) is 18.0 Å². The third kappa shape index (κ3) is 4.41. The number of nitrogens with one attached hydrogen (secondary N) is 1. The van der Waals surface area contributed by atoms with Crippen molar-refractivity contribution in [3.63, 3.8) is 0 Å². The number of thiazole rings is 1. The molecule has 39 heavy (non-hydrogen) atoms. The summed E-state index contributed by atoms with van der Waals surface area (Å²) in [5.74, 6) is 6.02. The summed E-state index contributed by atoms with van der Waals surface area (Å²) in [5, 5.41) is 7.44. The molecule has 2 aromatic carbocycles. The van der Waals surface area contributed by atoms with Gasteiger partial charge in [0.05, 0.1) is 33.6 Å². The van der Waals surface area contributed by atoms with Crippen LogP contribution in [0.2, 0.25) is 0 Å². The second-order valence-corrected chi connectivity index (χ2v) is 9.56. The van der Waals surface area contributed by atoms with Gasteiger partial charge in [-0.25, -0.2) is 9.50 Å². The van der Waals surface area contributed by atoms with Gasteiger partial charge in [-0.05, 0) is 36.6 Å². The zero-order chi connectivity index (χ0) is 26.9. The minimum absolute atomic E-state index is 0.0470. The minimum atomic E-state index is -0.699. The van der Waals surface area contributed by atoms with Crippen LogP contribution in [0.3, 0.4) is 0 Å². The Bertz CT molecular complexity index is 1970. The number of amides is 1. The summed E-state index contributed by atoms with van der Waals surface area (Å²) < 4.78 is 7.78. The molecule has 0 fully saturated rings. The van der Waals surface area contributed by atoms with Gasteiger partial charge in [-0.2, -0.15) is 0 Å². The van der Waals surface area contributed by atoms with E-state index in [1.165, 1.54) is 15.9 Å². The van der Waals surface area contributed by atoms with E-state index in [0.29, 0.717) is 39.1 Å². The molecule has 6 rings (SSSR count). The number of hydrogen-bond acceptors (Lipinski definition) is 8. The normalized spacial score (nSPS) is 11.7. The molecule has 4 aromatic heterocycles. The molecule has 0 bridgehead atoms. The number of benzene rings is 2. The van der Waals surface area contributed by atoms with Crippen molar-refractivity contribution in [3.05, 3.63) is 111 Å².